The molecule has 2 unspecified atom stereocenters. The number of hydrogen-bond donors (Lipinski definition) is 0. The van der Waals surface area contributed by atoms with Crippen LogP contribution in [0.5, 0.6) is 0 Å². The number of amides is 2. The van der Waals surface area contributed by atoms with Crippen LogP contribution in [0.3, 0.4) is 0 Å². The number of carbonyl (C=O) groups is 1. The van der Waals surface area contributed by atoms with E-state index in [4.69, 9.17) is 11.6 Å². The third-order valence-corrected chi connectivity index (χ3v) is 7.94. The molecule has 2 heterocycles. The predicted molar refractivity (Wildman–Crippen MR) is 166 cm³/mol. The molecule has 0 N–H and O–H groups in total. The molecule has 0 radical (unpaired) electrons. The zero-order valence-corrected chi connectivity index (χ0v) is 26.4. The molecule has 0 bridgehead atoms. The number of carbonyl (C=O) groups excluding carboxylic acids is 1. The van der Waals surface area contributed by atoms with Gasteiger partial charge in [0.2, 0.25) is 0 Å². The third-order valence-electron chi connectivity index (χ3n) is 7.69. The molecular formula is C33H49ClF3N3O. The van der Waals surface area contributed by atoms with Crippen LogP contribution < -0.4 is 4.90 Å². The van der Waals surface area contributed by atoms with Crippen molar-refractivity contribution >= 4 is 23.3 Å². The average Bonchev–Trinajstić information content (AvgIpc) is 3.51. The van der Waals surface area contributed by atoms with Crippen molar-refractivity contribution in [1.29, 1.82) is 0 Å². The maximum Gasteiger partial charge on any atom is 0.416 e. The minimum atomic E-state index is -4.43. The SMILES string of the molecule is CC1CCN(CCCN2CC(c3cccc(C(F)(F)F)c3)N(c3ccc(Cl)cc3)C2=O)C1.CCC.CCC(C)CC. The van der Waals surface area contributed by atoms with Gasteiger partial charge in [0.05, 0.1) is 11.6 Å². The Morgan fingerprint density at radius 3 is 2.12 bits per heavy atom. The van der Waals surface area contributed by atoms with E-state index in [-0.39, 0.29) is 6.03 Å². The molecule has 4 rings (SSSR count). The molecule has 0 aliphatic carbocycles. The summed E-state index contributed by atoms with van der Waals surface area (Å²) in [6.45, 7) is 17.2. The van der Waals surface area contributed by atoms with Crippen LogP contribution in [-0.4, -0.2) is 48.6 Å². The molecule has 0 saturated carbocycles. The van der Waals surface area contributed by atoms with Gasteiger partial charge in [-0.1, -0.05) is 84.5 Å². The summed E-state index contributed by atoms with van der Waals surface area (Å²) in [6, 6.07) is 11.4. The number of hydrogen-bond acceptors (Lipinski definition) is 2. The quantitative estimate of drug-likeness (QED) is 0.303. The second-order valence-electron chi connectivity index (χ2n) is 11.4. The van der Waals surface area contributed by atoms with Crippen LogP contribution in [0.25, 0.3) is 0 Å². The maximum atomic E-state index is 13.3. The van der Waals surface area contributed by atoms with Gasteiger partial charge in [0.15, 0.2) is 0 Å². The number of benzene rings is 2. The maximum absolute atomic E-state index is 13.3. The number of rotatable bonds is 8. The highest BCUT2D eigenvalue weighted by Gasteiger charge is 2.40. The van der Waals surface area contributed by atoms with Crippen molar-refractivity contribution in [1.82, 2.24) is 9.80 Å². The number of alkyl halides is 3. The van der Waals surface area contributed by atoms with Crippen molar-refractivity contribution in [3.05, 3.63) is 64.7 Å². The summed E-state index contributed by atoms with van der Waals surface area (Å²) in [4.78, 5) is 19.1. The zero-order valence-electron chi connectivity index (χ0n) is 25.7. The Balaban J connectivity index is 0.000000572. The van der Waals surface area contributed by atoms with E-state index >= 15 is 0 Å². The van der Waals surface area contributed by atoms with Gasteiger partial charge in [-0.15, -0.1) is 0 Å². The summed E-state index contributed by atoms with van der Waals surface area (Å²) < 4.78 is 39.9. The normalized spacial score (nSPS) is 19.2. The number of urea groups is 1. The molecule has 2 amide bonds. The first-order chi connectivity index (χ1) is 19.4. The van der Waals surface area contributed by atoms with E-state index < -0.39 is 17.8 Å². The Morgan fingerprint density at radius 1 is 0.976 bits per heavy atom. The van der Waals surface area contributed by atoms with Crippen LogP contribution in [0.2, 0.25) is 5.02 Å². The minimum absolute atomic E-state index is 0.190. The number of nitrogens with zero attached hydrogens (tertiary/aromatic N) is 3. The molecule has 2 aromatic rings. The van der Waals surface area contributed by atoms with E-state index in [0.29, 0.717) is 35.3 Å². The highest BCUT2D eigenvalue weighted by Crippen LogP contribution is 2.37. The molecule has 2 aromatic carbocycles. The molecule has 41 heavy (non-hydrogen) atoms. The van der Waals surface area contributed by atoms with Crippen LogP contribution in [0.15, 0.2) is 48.5 Å². The smallest absolute Gasteiger partial charge is 0.322 e. The summed E-state index contributed by atoms with van der Waals surface area (Å²) in [7, 11) is 0. The fourth-order valence-electron chi connectivity index (χ4n) is 4.91. The fraction of sp³-hybridized carbons (Fsp3) is 0.606. The number of halogens is 4. The monoisotopic (exact) mass is 595 g/mol. The van der Waals surface area contributed by atoms with Crippen LogP contribution in [0.1, 0.15) is 90.8 Å². The Bertz CT molecular complexity index is 1040. The van der Waals surface area contributed by atoms with Crippen LogP contribution in [-0.2, 0) is 6.18 Å². The van der Waals surface area contributed by atoms with Gasteiger partial charge in [-0.2, -0.15) is 13.2 Å². The van der Waals surface area contributed by atoms with Gasteiger partial charge in [-0.3, -0.25) is 4.90 Å². The summed E-state index contributed by atoms with van der Waals surface area (Å²) in [5.41, 5.74) is 0.386. The van der Waals surface area contributed by atoms with E-state index in [2.05, 4.69) is 46.4 Å². The minimum Gasteiger partial charge on any atom is -0.322 e. The van der Waals surface area contributed by atoms with E-state index in [1.54, 1.807) is 40.1 Å². The lowest BCUT2D eigenvalue weighted by atomic mass is 10.0. The summed E-state index contributed by atoms with van der Waals surface area (Å²) >= 11 is 6.01. The Kier molecular flexibility index (Phi) is 14.5. The largest absolute Gasteiger partial charge is 0.416 e. The standard InChI is InChI=1S/C24H27ClF3N3O.C6H14.C3H8/c1-17-10-13-29(15-17)11-3-12-30-16-22(18-4-2-5-19(14-18)24(26,27)28)31(23(30)32)21-8-6-20(25)7-9-21;1-4-6(3)5-2;1-3-2/h2,4-9,14,17,22H,3,10-13,15-16H2,1H3;6H,4-5H2,1-3H3;3H2,1-2H3. The summed E-state index contributed by atoms with van der Waals surface area (Å²) in [6.07, 6.45) is 1.51. The summed E-state index contributed by atoms with van der Waals surface area (Å²) in [5.74, 6) is 1.64. The van der Waals surface area contributed by atoms with Crippen molar-refractivity contribution < 1.29 is 18.0 Å². The average molecular weight is 596 g/mol. The van der Waals surface area contributed by atoms with Gasteiger partial charge >= 0.3 is 12.2 Å². The Hall–Kier alpha value is -2.25. The molecule has 8 heteroatoms. The fourth-order valence-corrected chi connectivity index (χ4v) is 5.04. The van der Waals surface area contributed by atoms with E-state index in [1.807, 2.05) is 0 Å². The summed E-state index contributed by atoms with van der Waals surface area (Å²) in [5, 5.41) is 0.535. The van der Waals surface area contributed by atoms with Gasteiger partial charge in [0, 0.05) is 30.3 Å². The molecule has 2 aliphatic rings. The molecule has 0 spiro atoms. The lowest BCUT2D eigenvalue weighted by molar-refractivity contribution is -0.137. The van der Waals surface area contributed by atoms with Crippen molar-refractivity contribution in [2.45, 2.75) is 85.9 Å². The van der Waals surface area contributed by atoms with E-state index in [9.17, 15) is 18.0 Å². The highest BCUT2D eigenvalue weighted by atomic mass is 35.5. The zero-order chi connectivity index (χ0) is 30.6. The third kappa shape index (κ3) is 10.8. The molecule has 2 atom stereocenters. The number of likely N-dealkylation sites (tertiary alicyclic amines) is 1. The van der Waals surface area contributed by atoms with Gasteiger partial charge < -0.3 is 9.80 Å². The van der Waals surface area contributed by atoms with Crippen molar-refractivity contribution in [2.24, 2.45) is 11.8 Å². The van der Waals surface area contributed by atoms with Crippen LogP contribution in [0, 0.1) is 11.8 Å². The highest BCUT2D eigenvalue weighted by molar-refractivity contribution is 6.30. The molecule has 0 aromatic heterocycles. The van der Waals surface area contributed by atoms with Gasteiger partial charge in [0.25, 0.3) is 0 Å². The van der Waals surface area contributed by atoms with Crippen molar-refractivity contribution in [3.8, 4) is 0 Å². The van der Waals surface area contributed by atoms with Gasteiger partial charge in [-0.25, -0.2) is 4.79 Å². The van der Waals surface area contributed by atoms with Crippen LogP contribution >= 0.6 is 11.6 Å². The second-order valence-corrected chi connectivity index (χ2v) is 11.8. The molecule has 230 valence electrons. The lowest BCUT2D eigenvalue weighted by Crippen LogP contribution is -2.34. The lowest BCUT2D eigenvalue weighted by Gasteiger charge is -2.24. The van der Waals surface area contributed by atoms with Crippen molar-refractivity contribution in [3.63, 3.8) is 0 Å². The predicted octanol–water partition coefficient (Wildman–Crippen LogP) is 9.93. The first-order valence-corrected chi connectivity index (χ1v) is 15.6. The van der Waals surface area contributed by atoms with E-state index in [1.165, 1.54) is 31.7 Å². The topological polar surface area (TPSA) is 26.8 Å². The Morgan fingerprint density at radius 2 is 1.61 bits per heavy atom. The molecular weight excluding hydrogens is 547 g/mol. The van der Waals surface area contributed by atoms with Gasteiger partial charge in [0.1, 0.15) is 0 Å². The first kappa shape index (κ1) is 34.9. The first-order valence-electron chi connectivity index (χ1n) is 15.2. The second kappa shape index (κ2) is 17.0. The van der Waals surface area contributed by atoms with Crippen LogP contribution in [0.4, 0.5) is 23.7 Å². The van der Waals surface area contributed by atoms with Crippen molar-refractivity contribution in [2.75, 3.05) is 37.6 Å². The van der Waals surface area contributed by atoms with Gasteiger partial charge in [-0.05, 0) is 79.7 Å². The number of anilines is 1. The molecule has 2 fully saturated rings. The van der Waals surface area contributed by atoms with E-state index in [0.717, 1.165) is 44.1 Å². The molecule has 2 aliphatic heterocycles. The Labute approximate surface area is 250 Å². The molecule has 4 nitrogen and oxygen atoms in total. The molecule has 2 saturated heterocycles.